The molecule has 1 atom stereocenters. The van der Waals surface area contributed by atoms with E-state index in [9.17, 15) is 5.11 Å². The average Bonchev–Trinajstić information content (AvgIpc) is 2.85. The molecule has 0 bridgehead atoms. The van der Waals surface area contributed by atoms with Crippen LogP contribution in [0.3, 0.4) is 0 Å². The van der Waals surface area contributed by atoms with Crippen molar-refractivity contribution in [2.24, 2.45) is 7.05 Å². The minimum atomic E-state index is -0.472. The first-order valence-corrected chi connectivity index (χ1v) is 5.47. The van der Waals surface area contributed by atoms with Gasteiger partial charge in [-0.2, -0.15) is 5.10 Å². The van der Waals surface area contributed by atoms with Gasteiger partial charge in [0.2, 0.25) is 0 Å². The molecule has 6 heteroatoms. The number of nitrogens with zero attached hydrogens (tertiary/aromatic N) is 4. The fourth-order valence-corrected chi connectivity index (χ4v) is 1.92. The summed E-state index contributed by atoms with van der Waals surface area (Å²) >= 11 is 1.24. The van der Waals surface area contributed by atoms with E-state index < -0.39 is 6.10 Å². The Hall–Kier alpha value is -1.27. The summed E-state index contributed by atoms with van der Waals surface area (Å²) in [6, 6.07) is 1.96. The van der Waals surface area contributed by atoms with Crippen LogP contribution in [-0.4, -0.2) is 24.5 Å². The maximum absolute atomic E-state index is 9.80. The minimum absolute atomic E-state index is 0.472. The van der Waals surface area contributed by atoms with Crippen LogP contribution < -0.4 is 0 Å². The Balaban J connectivity index is 1.91. The molecule has 80 valence electrons. The molecule has 0 aliphatic heterocycles. The van der Waals surface area contributed by atoms with Crippen molar-refractivity contribution in [2.45, 2.75) is 18.9 Å². The molecule has 0 radical (unpaired) electrons. The summed E-state index contributed by atoms with van der Waals surface area (Å²) in [5, 5.41) is 17.6. The van der Waals surface area contributed by atoms with Gasteiger partial charge in [-0.1, -0.05) is 4.49 Å². The Bertz CT molecular complexity index is 411. The number of hydrogen-bond donors (Lipinski definition) is 1. The quantitative estimate of drug-likeness (QED) is 0.839. The lowest BCUT2D eigenvalue weighted by molar-refractivity contribution is 0.170. The zero-order valence-corrected chi connectivity index (χ0v) is 9.18. The van der Waals surface area contributed by atoms with Crippen molar-refractivity contribution in [3.8, 4) is 0 Å². The topological polar surface area (TPSA) is 63.8 Å². The molecule has 0 amide bonds. The lowest BCUT2D eigenvalue weighted by atomic mass is 10.1. The standard InChI is InChI=1S/C9H12N4OS/c1-13-7(4-5-11-13)2-3-8(14)9-6-10-12-15-9/h4-6,8,14H,2-3H2,1H3. The van der Waals surface area contributed by atoms with Gasteiger partial charge in [0.1, 0.15) is 0 Å². The van der Waals surface area contributed by atoms with Crippen LogP contribution in [0.4, 0.5) is 0 Å². The predicted molar refractivity (Wildman–Crippen MR) is 56.4 cm³/mol. The third kappa shape index (κ3) is 2.40. The third-order valence-electron chi connectivity index (χ3n) is 2.30. The SMILES string of the molecule is Cn1nccc1CCC(O)c1cnns1. The highest BCUT2D eigenvalue weighted by Crippen LogP contribution is 2.20. The highest BCUT2D eigenvalue weighted by Gasteiger charge is 2.11. The van der Waals surface area contributed by atoms with Crippen LogP contribution in [0.15, 0.2) is 18.5 Å². The second-order valence-electron chi connectivity index (χ2n) is 3.32. The van der Waals surface area contributed by atoms with E-state index in [1.165, 1.54) is 11.5 Å². The fraction of sp³-hybridized carbons (Fsp3) is 0.444. The minimum Gasteiger partial charge on any atom is -0.387 e. The Kier molecular flexibility index (Phi) is 3.08. The number of aryl methyl sites for hydroxylation is 2. The third-order valence-corrected chi connectivity index (χ3v) is 3.07. The summed E-state index contributed by atoms with van der Waals surface area (Å²) in [4.78, 5) is 0.817. The van der Waals surface area contributed by atoms with Gasteiger partial charge in [0.25, 0.3) is 0 Å². The fourth-order valence-electron chi connectivity index (χ4n) is 1.40. The van der Waals surface area contributed by atoms with Crippen LogP contribution in [0.25, 0.3) is 0 Å². The first-order valence-electron chi connectivity index (χ1n) is 4.69. The number of hydrogen-bond acceptors (Lipinski definition) is 5. The maximum atomic E-state index is 9.80. The van der Waals surface area contributed by atoms with Crippen molar-refractivity contribution in [1.29, 1.82) is 0 Å². The van der Waals surface area contributed by atoms with Gasteiger partial charge >= 0.3 is 0 Å². The van der Waals surface area contributed by atoms with Crippen molar-refractivity contribution in [3.63, 3.8) is 0 Å². The van der Waals surface area contributed by atoms with Crippen LogP contribution >= 0.6 is 11.5 Å². The molecule has 1 N–H and O–H groups in total. The van der Waals surface area contributed by atoms with Crippen molar-refractivity contribution in [2.75, 3.05) is 0 Å². The van der Waals surface area contributed by atoms with Gasteiger partial charge in [-0.3, -0.25) is 4.68 Å². The summed E-state index contributed by atoms with van der Waals surface area (Å²) < 4.78 is 5.54. The summed E-state index contributed by atoms with van der Waals surface area (Å²) in [7, 11) is 1.90. The normalized spacial score (nSPS) is 12.9. The summed E-state index contributed by atoms with van der Waals surface area (Å²) in [6.45, 7) is 0. The van der Waals surface area contributed by atoms with E-state index >= 15 is 0 Å². The molecular formula is C9H12N4OS. The lowest BCUT2D eigenvalue weighted by Gasteiger charge is -2.06. The first kappa shape index (κ1) is 10.3. The van der Waals surface area contributed by atoms with E-state index in [-0.39, 0.29) is 0 Å². The van der Waals surface area contributed by atoms with Crippen LogP contribution in [0.5, 0.6) is 0 Å². The van der Waals surface area contributed by atoms with Crippen LogP contribution in [0.2, 0.25) is 0 Å². The van der Waals surface area contributed by atoms with Crippen molar-refractivity contribution in [1.82, 2.24) is 19.4 Å². The zero-order valence-electron chi connectivity index (χ0n) is 8.37. The molecule has 2 rings (SSSR count). The molecule has 2 aromatic rings. The molecule has 0 aliphatic rings. The Labute approximate surface area is 91.5 Å². The summed E-state index contributed by atoms with van der Waals surface area (Å²) in [5.74, 6) is 0. The molecule has 1 unspecified atom stereocenters. The summed E-state index contributed by atoms with van der Waals surface area (Å²) in [5.41, 5.74) is 1.12. The van der Waals surface area contributed by atoms with Crippen LogP contribution in [0.1, 0.15) is 23.1 Å². The van der Waals surface area contributed by atoms with E-state index in [2.05, 4.69) is 14.7 Å². The molecule has 0 spiro atoms. The molecule has 0 fully saturated rings. The molecule has 0 saturated heterocycles. The number of rotatable bonds is 4. The molecular weight excluding hydrogens is 212 g/mol. The molecule has 15 heavy (non-hydrogen) atoms. The molecule has 2 aromatic heterocycles. The highest BCUT2D eigenvalue weighted by atomic mass is 32.1. The molecule has 0 aliphatic carbocycles. The highest BCUT2D eigenvalue weighted by molar-refractivity contribution is 7.05. The Morgan fingerprint density at radius 2 is 2.47 bits per heavy atom. The van der Waals surface area contributed by atoms with E-state index in [0.717, 1.165) is 17.0 Å². The van der Waals surface area contributed by atoms with Gasteiger partial charge in [-0.15, -0.1) is 5.10 Å². The van der Waals surface area contributed by atoms with Gasteiger partial charge < -0.3 is 5.11 Å². The van der Waals surface area contributed by atoms with Crippen molar-refractivity contribution >= 4 is 11.5 Å². The average molecular weight is 224 g/mol. The molecule has 0 aromatic carbocycles. The Morgan fingerprint density at radius 1 is 1.60 bits per heavy atom. The van der Waals surface area contributed by atoms with Crippen molar-refractivity contribution in [3.05, 3.63) is 29.0 Å². The van der Waals surface area contributed by atoms with E-state index in [1.54, 1.807) is 12.4 Å². The van der Waals surface area contributed by atoms with E-state index in [0.29, 0.717) is 6.42 Å². The number of aliphatic hydroxyl groups excluding tert-OH is 1. The monoisotopic (exact) mass is 224 g/mol. The van der Waals surface area contributed by atoms with Gasteiger partial charge in [-0.05, 0) is 30.4 Å². The van der Waals surface area contributed by atoms with Gasteiger partial charge in [-0.25, -0.2) is 0 Å². The van der Waals surface area contributed by atoms with Gasteiger partial charge in [0, 0.05) is 18.9 Å². The lowest BCUT2D eigenvalue weighted by Crippen LogP contribution is -2.02. The number of aliphatic hydroxyl groups is 1. The Morgan fingerprint density at radius 3 is 3.07 bits per heavy atom. The smallest absolute Gasteiger partial charge is 0.0918 e. The first-order chi connectivity index (χ1) is 7.27. The predicted octanol–water partition coefficient (Wildman–Crippen LogP) is 0.938. The van der Waals surface area contributed by atoms with Gasteiger partial charge in [0.05, 0.1) is 17.2 Å². The maximum Gasteiger partial charge on any atom is 0.0918 e. The van der Waals surface area contributed by atoms with Gasteiger partial charge in [0.15, 0.2) is 0 Å². The van der Waals surface area contributed by atoms with Crippen LogP contribution in [0, 0.1) is 0 Å². The summed E-state index contributed by atoms with van der Waals surface area (Å²) in [6.07, 6.45) is 4.37. The molecule has 5 nitrogen and oxygen atoms in total. The zero-order chi connectivity index (χ0) is 10.7. The second-order valence-corrected chi connectivity index (χ2v) is 4.14. The van der Waals surface area contributed by atoms with E-state index in [1.807, 2.05) is 17.8 Å². The number of aromatic nitrogens is 4. The van der Waals surface area contributed by atoms with E-state index in [4.69, 9.17) is 0 Å². The van der Waals surface area contributed by atoms with Crippen molar-refractivity contribution < 1.29 is 5.11 Å². The van der Waals surface area contributed by atoms with Crippen LogP contribution in [-0.2, 0) is 13.5 Å². The molecule has 0 saturated carbocycles. The molecule has 2 heterocycles. The second kappa shape index (κ2) is 4.50. The largest absolute Gasteiger partial charge is 0.387 e.